The standard InChI is InChI=1S/C27H35ClN4O6S/c1-4-24(27(34)29-21-11-6-5-7-12-21)30(17-20-10-8-9-13-23(20)28)26(33)18-31(39(3,37)38)25-16-22(32(35)36)15-14-19(25)2/h8-10,13-16,21,24H,4-7,11-12,17-18H2,1-3H3,(H,29,34)/t24-/m1/s1. The molecule has 0 unspecified atom stereocenters. The van der Waals surface area contributed by atoms with Gasteiger partial charge in [0.05, 0.1) is 16.9 Å². The Balaban J connectivity index is 1.98. The Morgan fingerprint density at radius 3 is 2.41 bits per heavy atom. The van der Waals surface area contributed by atoms with E-state index in [1.807, 2.05) is 0 Å². The molecule has 1 aliphatic rings. The fourth-order valence-corrected chi connectivity index (χ4v) is 5.94. The van der Waals surface area contributed by atoms with Crippen LogP contribution < -0.4 is 9.62 Å². The molecule has 0 aliphatic heterocycles. The second-order valence-corrected chi connectivity index (χ2v) is 12.2. The topological polar surface area (TPSA) is 130 Å². The van der Waals surface area contributed by atoms with Gasteiger partial charge < -0.3 is 10.2 Å². The molecule has 12 heteroatoms. The molecule has 212 valence electrons. The van der Waals surface area contributed by atoms with Gasteiger partial charge >= 0.3 is 0 Å². The first-order valence-corrected chi connectivity index (χ1v) is 15.2. The summed E-state index contributed by atoms with van der Waals surface area (Å²) in [5.41, 5.74) is 0.771. The number of rotatable bonds is 11. The zero-order valence-corrected chi connectivity index (χ0v) is 24.0. The monoisotopic (exact) mass is 578 g/mol. The maximum absolute atomic E-state index is 13.9. The van der Waals surface area contributed by atoms with Crippen molar-refractivity contribution in [2.45, 2.75) is 71.0 Å². The van der Waals surface area contributed by atoms with E-state index in [-0.39, 0.29) is 29.9 Å². The van der Waals surface area contributed by atoms with Gasteiger partial charge in [0.15, 0.2) is 0 Å². The number of carbonyl (C=O) groups excluding carboxylic acids is 2. The van der Waals surface area contributed by atoms with Gasteiger partial charge in [0.25, 0.3) is 5.69 Å². The highest BCUT2D eigenvalue weighted by atomic mass is 35.5. The maximum atomic E-state index is 13.9. The Bertz CT molecular complexity index is 1310. The van der Waals surface area contributed by atoms with Crippen LogP contribution in [-0.2, 0) is 26.2 Å². The van der Waals surface area contributed by atoms with E-state index < -0.39 is 33.4 Å². The number of nitro benzene ring substituents is 1. The molecule has 0 saturated heterocycles. The molecule has 0 radical (unpaired) electrons. The van der Waals surface area contributed by atoms with Crippen LogP contribution in [0.4, 0.5) is 11.4 Å². The number of nitrogens with zero attached hydrogens (tertiary/aromatic N) is 3. The molecule has 0 heterocycles. The first-order valence-electron chi connectivity index (χ1n) is 13.0. The van der Waals surface area contributed by atoms with E-state index in [0.717, 1.165) is 48.7 Å². The third-order valence-corrected chi connectivity index (χ3v) is 8.48. The summed E-state index contributed by atoms with van der Waals surface area (Å²) in [6.07, 6.45) is 6.14. The fraction of sp³-hybridized carbons (Fsp3) is 0.481. The molecule has 1 aliphatic carbocycles. The van der Waals surface area contributed by atoms with Gasteiger partial charge in [0.1, 0.15) is 12.6 Å². The lowest BCUT2D eigenvalue weighted by Crippen LogP contribution is -2.54. The van der Waals surface area contributed by atoms with Crippen molar-refractivity contribution in [3.8, 4) is 0 Å². The summed E-state index contributed by atoms with van der Waals surface area (Å²) in [7, 11) is -4.03. The summed E-state index contributed by atoms with van der Waals surface area (Å²) >= 11 is 6.39. The number of hydrogen-bond acceptors (Lipinski definition) is 6. The van der Waals surface area contributed by atoms with Gasteiger partial charge in [-0.3, -0.25) is 24.0 Å². The second-order valence-electron chi connectivity index (χ2n) is 9.88. The molecular weight excluding hydrogens is 544 g/mol. The number of nitrogens with one attached hydrogen (secondary N) is 1. The molecule has 10 nitrogen and oxygen atoms in total. The third kappa shape index (κ3) is 7.92. The molecule has 1 fully saturated rings. The van der Waals surface area contributed by atoms with Crippen LogP contribution in [0.5, 0.6) is 0 Å². The van der Waals surface area contributed by atoms with Crippen molar-refractivity contribution in [3.63, 3.8) is 0 Å². The van der Waals surface area contributed by atoms with Crippen LogP contribution in [0, 0.1) is 17.0 Å². The predicted molar refractivity (Wildman–Crippen MR) is 151 cm³/mol. The van der Waals surface area contributed by atoms with E-state index in [2.05, 4.69) is 5.32 Å². The normalized spacial score (nSPS) is 14.9. The Hall–Kier alpha value is -3.18. The molecule has 2 amide bonds. The van der Waals surface area contributed by atoms with Gasteiger partial charge in [-0.15, -0.1) is 0 Å². The average Bonchev–Trinajstić information content (AvgIpc) is 2.88. The summed E-state index contributed by atoms with van der Waals surface area (Å²) in [4.78, 5) is 39.4. The first kappa shape index (κ1) is 30.4. The van der Waals surface area contributed by atoms with Gasteiger partial charge in [0.2, 0.25) is 21.8 Å². The number of anilines is 1. The Morgan fingerprint density at radius 2 is 1.82 bits per heavy atom. The van der Waals surface area contributed by atoms with Crippen LogP contribution in [0.1, 0.15) is 56.6 Å². The maximum Gasteiger partial charge on any atom is 0.271 e. The number of amides is 2. The van der Waals surface area contributed by atoms with Crippen molar-refractivity contribution in [3.05, 3.63) is 68.7 Å². The third-order valence-electron chi connectivity index (χ3n) is 6.99. The highest BCUT2D eigenvalue weighted by molar-refractivity contribution is 7.92. The van der Waals surface area contributed by atoms with E-state index in [1.54, 1.807) is 38.1 Å². The number of carbonyl (C=O) groups is 2. The van der Waals surface area contributed by atoms with E-state index in [1.165, 1.54) is 17.0 Å². The number of halogens is 1. The van der Waals surface area contributed by atoms with E-state index in [0.29, 0.717) is 22.6 Å². The molecule has 39 heavy (non-hydrogen) atoms. The van der Waals surface area contributed by atoms with Crippen molar-refractivity contribution < 1.29 is 22.9 Å². The van der Waals surface area contributed by atoms with Gasteiger partial charge in [-0.2, -0.15) is 0 Å². The van der Waals surface area contributed by atoms with Crippen LogP contribution in [0.15, 0.2) is 42.5 Å². The zero-order chi connectivity index (χ0) is 28.7. The van der Waals surface area contributed by atoms with Gasteiger partial charge in [-0.05, 0) is 43.4 Å². The number of benzene rings is 2. The number of non-ortho nitro benzene ring substituents is 1. The van der Waals surface area contributed by atoms with Gasteiger partial charge in [-0.1, -0.05) is 62.1 Å². The van der Waals surface area contributed by atoms with Gasteiger partial charge in [-0.25, -0.2) is 8.42 Å². The lowest BCUT2D eigenvalue weighted by atomic mass is 9.95. The van der Waals surface area contributed by atoms with Crippen LogP contribution in [0.25, 0.3) is 0 Å². The molecule has 3 rings (SSSR count). The van der Waals surface area contributed by atoms with E-state index in [9.17, 15) is 28.1 Å². The van der Waals surface area contributed by atoms with Crippen molar-refractivity contribution in [1.82, 2.24) is 10.2 Å². The van der Waals surface area contributed by atoms with E-state index >= 15 is 0 Å². The number of hydrogen-bond donors (Lipinski definition) is 1. The van der Waals surface area contributed by atoms with Crippen LogP contribution in [0.2, 0.25) is 5.02 Å². The summed E-state index contributed by atoms with van der Waals surface area (Å²) in [5.74, 6) is -0.931. The molecule has 1 N–H and O–H groups in total. The lowest BCUT2D eigenvalue weighted by molar-refractivity contribution is -0.384. The zero-order valence-electron chi connectivity index (χ0n) is 22.4. The van der Waals surface area contributed by atoms with Crippen LogP contribution >= 0.6 is 11.6 Å². The van der Waals surface area contributed by atoms with Crippen LogP contribution in [0.3, 0.4) is 0 Å². The van der Waals surface area contributed by atoms with Crippen molar-refractivity contribution >= 4 is 44.8 Å². The quantitative estimate of drug-likeness (QED) is 0.307. The highest BCUT2D eigenvalue weighted by Crippen LogP contribution is 2.28. The van der Waals surface area contributed by atoms with E-state index in [4.69, 9.17) is 11.6 Å². The van der Waals surface area contributed by atoms with Crippen molar-refractivity contribution in [1.29, 1.82) is 0 Å². The molecule has 2 aromatic rings. The Labute approximate surface area is 234 Å². The minimum Gasteiger partial charge on any atom is -0.352 e. The largest absolute Gasteiger partial charge is 0.352 e. The van der Waals surface area contributed by atoms with Crippen LogP contribution in [-0.4, -0.2) is 54.9 Å². The number of aryl methyl sites for hydroxylation is 1. The summed E-state index contributed by atoms with van der Waals surface area (Å²) in [5, 5.41) is 14.9. The molecule has 1 atom stereocenters. The molecule has 2 aromatic carbocycles. The summed E-state index contributed by atoms with van der Waals surface area (Å²) in [6.45, 7) is 2.74. The summed E-state index contributed by atoms with van der Waals surface area (Å²) in [6, 6.07) is 9.93. The number of sulfonamides is 1. The minimum absolute atomic E-state index is 0.0133. The first-order chi connectivity index (χ1) is 18.4. The smallest absolute Gasteiger partial charge is 0.271 e. The Kier molecular flexibility index (Phi) is 10.3. The average molecular weight is 579 g/mol. The molecule has 0 bridgehead atoms. The summed E-state index contributed by atoms with van der Waals surface area (Å²) < 4.78 is 26.6. The minimum atomic E-state index is -4.03. The molecule has 0 spiro atoms. The lowest BCUT2D eigenvalue weighted by Gasteiger charge is -2.34. The Morgan fingerprint density at radius 1 is 1.15 bits per heavy atom. The van der Waals surface area contributed by atoms with Crippen molar-refractivity contribution in [2.75, 3.05) is 17.1 Å². The molecule has 0 aromatic heterocycles. The second kappa shape index (κ2) is 13.3. The SMILES string of the molecule is CC[C@H](C(=O)NC1CCCCC1)N(Cc1ccccc1Cl)C(=O)CN(c1cc([N+](=O)[O-])ccc1C)S(C)(=O)=O. The van der Waals surface area contributed by atoms with Crippen molar-refractivity contribution in [2.24, 2.45) is 0 Å². The fourth-order valence-electron chi connectivity index (χ4n) is 4.85. The highest BCUT2D eigenvalue weighted by Gasteiger charge is 2.33. The predicted octanol–water partition coefficient (Wildman–Crippen LogP) is 4.58. The molecule has 1 saturated carbocycles. The molecular formula is C27H35ClN4O6S. The van der Waals surface area contributed by atoms with Gasteiger partial charge in [0, 0.05) is 29.7 Å². The number of nitro groups is 1.